The smallest absolute Gasteiger partial charge is 0.310 e. The van der Waals surface area contributed by atoms with Crippen LogP contribution < -0.4 is 4.72 Å². The predicted octanol–water partition coefficient (Wildman–Crippen LogP) is -0.607. The van der Waals surface area contributed by atoms with Gasteiger partial charge in [0, 0.05) is 12.4 Å². The maximum atomic E-state index is 11.8. The Labute approximate surface area is 97.8 Å². The molecule has 1 aliphatic rings. The van der Waals surface area contributed by atoms with Crippen molar-refractivity contribution in [1.82, 2.24) is 9.71 Å². The number of carboxylic acids is 1. The van der Waals surface area contributed by atoms with E-state index in [1.165, 1.54) is 18.5 Å². The van der Waals surface area contributed by atoms with Gasteiger partial charge in [0.15, 0.2) is 0 Å². The summed E-state index contributed by atoms with van der Waals surface area (Å²) in [5, 5.41) is 8.89. The van der Waals surface area contributed by atoms with Gasteiger partial charge >= 0.3 is 5.97 Å². The van der Waals surface area contributed by atoms with Crippen molar-refractivity contribution in [2.24, 2.45) is 5.92 Å². The van der Waals surface area contributed by atoms with Gasteiger partial charge in [-0.25, -0.2) is 13.1 Å². The second-order valence-corrected chi connectivity index (χ2v) is 5.47. The number of hydrogen-bond donors (Lipinski definition) is 3. The fourth-order valence-corrected chi connectivity index (χ4v) is 2.89. The van der Waals surface area contributed by atoms with Gasteiger partial charge in [0.2, 0.25) is 10.0 Å². The number of aliphatic carboxylic acids is 1. The average molecular weight is 260 g/mol. The van der Waals surface area contributed by atoms with Gasteiger partial charge in [0.25, 0.3) is 0 Å². The minimum atomic E-state index is -3.69. The Bertz CT molecular complexity index is 495. The van der Waals surface area contributed by atoms with Gasteiger partial charge in [0.05, 0.1) is 30.1 Å². The summed E-state index contributed by atoms with van der Waals surface area (Å²) < 4.78 is 31.0. The summed E-state index contributed by atoms with van der Waals surface area (Å²) in [4.78, 5) is 13.6. The van der Waals surface area contributed by atoms with E-state index in [9.17, 15) is 13.2 Å². The number of aromatic amines is 1. The van der Waals surface area contributed by atoms with Crippen molar-refractivity contribution in [3.05, 3.63) is 18.5 Å². The van der Waals surface area contributed by atoms with Crippen LogP contribution in [0.1, 0.15) is 0 Å². The van der Waals surface area contributed by atoms with Crippen molar-refractivity contribution in [1.29, 1.82) is 0 Å². The molecule has 1 saturated heterocycles. The average Bonchev–Trinajstić information content (AvgIpc) is 2.85. The Balaban J connectivity index is 2.14. The predicted molar refractivity (Wildman–Crippen MR) is 56.8 cm³/mol. The number of sulfonamides is 1. The molecular formula is C9H12N2O5S. The molecule has 2 atom stereocenters. The normalized spacial score (nSPS) is 24.9. The van der Waals surface area contributed by atoms with Crippen molar-refractivity contribution < 1.29 is 23.1 Å². The van der Waals surface area contributed by atoms with Crippen molar-refractivity contribution in [2.45, 2.75) is 10.9 Å². The van der Waals surface area contributed by atoms with Crippen LogP contribution in [0.15, 0.2) is 23.4 Å². The summed E-state index contributed by atoms with van der Waals surface area (Å²) in [6, 6.07) is 0.667. The first-order valence-electron chi connectivity index (χ1n) is 4.96. The highest BCUT2D eigenvalue weighted by molar-refractivity contribution is 7.89. The first-order valence-corrected chi connectivity index (χ1v) is 6.45. The number of carbonyl (C=O) groups is 1. The van der Waals surface area contributed by atoms with Gasteiger partial charge in [-0.2, -0.15) is 0 Å². The standard InChI is InChI=1S/C9H12N2O5S/c12-9(13)7-4-16-5-8(7)11-17(14,15)6-1-2-10-3-6/h1-3,7-8,10-11H,4-5H2,(H,12,13). The molecule has 0 saturated carbocycles. The Kier molecular flexibility index (Phi) is 3.18. The molecule has 1 fully saturated rings. The third-order valence-corrected chi connectivity index (χ3v) is 4.07. The number of aromatic nitrogens is 1. The second-order valence-electron chi connectivity index (χ2n) is 3.76. The van der Waals surface area contributed by atoms with Gasteiger partial charge in [-0.05, 0) is 6.07 Å². The van der Waals surface area contributed by atoms with Gasteiger partial charge in [-0.3, -0.25) is 4.79 Å². The molecule has 8 heteroatoms. The molecule has 2 rings (SSSR count). The molecule has 0 aromatic carbocycles. The fraction of sp³-hybridized carbons (Fsp3) is 0.444. The van der Waals surface area contributed by atoms with E-state index in [1.807, 2.05) is 0 Å². The summed E-state index contributed by atoms with van der Waals surface area (Å²) in [6.07, 6.45) is 2.81. The highest BCUT2D eigenvalue weighted by Crippen LogP contribution is 2.17. The quantitative estimate of drug-likeness (QED) is 0.669. The van der Waals surface area contributed by atoms with Crippen molar-refractivity contribution in [2.75, 3.05) is 13.2 Å². The lowest BCUT2D eigenvalue weighted by Gasteiger charge is -2.14. The molecule has 0 amide bonds. The molecule has 7 nitrogen and oxygen atoms in total. The molecular weight excluding hydrogens is 248 g/mol. The molecule has 94 valence electrons. The number of hydrogen-bond acceptors (Lipinski definition) is 4. The summed E-state index contributed by atoms with van der Waals surface area (Å²) in [5.74, 6) is -1.91. The van der Waals surface area contributed by atoms with E-state index in [0.717, 1.165) is 0 Å². The SMILES string of the molecule is O=C(O)C1COCC1NS(=O)(=O)c1cc[nH]c1. The van der Waals surface area contributed by atoms with Gasteiger partial charge in [-0.1, -0.05) is 0 Å². The van der Waals surface area contributed by atoms with E-state index in [1.54, 1.807) is 0 Å². The third kappa shape index (κ3) is 2.48. The monoisotopic (exact) mass is 260 g/mol. The number of H-pyrrole nitrogens is 1. The highest BCUT2D eigenvalue weighted by atomic mass is 32.2. The lowest BCUT2D eigenvalue weighted by molar-refractivity contribution is -0.142. The van der Waals surface area contributed by atoms with Crippen molar-refractivity contribution in [3.8, 4) is 0 Å². The minimum absolute atomic E-state index is 0.0235. The van der Waals surface area contributed by atoms with E-state index in [2.05, 4.69) is 9.71 Å². The van der Waals surface area contributed by atoms with Crippen LogP contribution in [0.25, 0.3) is 0 Å². The lowest BCUT2D eigenvalue weighted by atomic mass is 10.1. The van der Waals surface area contributed by atoms with Crippen LogP contribution in [-0.2, 0) is 19.6 Å². The maximum absolute atomic E-state index is 11.8. The highest BCUT2D eigenvalue weighted by Gasteiger charge is 2.36. The van der Waals surface area contributed by atoms with Crippen LogP contribution in [0.2, 0.25) is 0 Å². The summed E-state index contributed by atoms with van der Waals surface area (Å²) in [6.45, 7) is 0.0935. The molecule has 0 aliphatic carbocycles. The fourth-order valence-electron chi connectivity index (χ4n) is 1.66. The Morgan fingerprint density at radius 1 is 1.53 bits per heavy atom. The van der Waals surface area contributed by atoms with Gasteiger partial charge in [-0.15, -0.1) is 0 Å². The molecule has 1 aromatic rings. The van der Waals surface area contributed by atoms with E-state index in [-0.39, 0.29) is 18.1 Å². The first kappa shape index (κ1) is 12.1. The Hall–Kier alpha value is -1.38. The summed E-state index contributed by atoms with van der Waals surface area (Å²) in [7, 11) is -3.69. The lowest BCUT2D eigenvalue weighted by Crippen LogP contribution is -2.42. The van der Waals surface area contributed by atoms with Crippen LogP contribution in [0.5, 0.6) is 0 Å². The molecule has 2 heterocycles. The number of carboxylic acid groups (broad SMARTS) is 1. The number of nitrogens with one attached hydrogen (secondary N) is 2. The molecule has 1 aromatic heterocycles. The minimum Gasteiger partial charge on any atom is -0.481 e. The maximum Gasteiger partial charge on any atom is 0.310 e. The number of rotatable bonds is 4. The van der Waals surface area contributed by atoms with Crippen LogP contribution in [0, 0.1) is 5.92 Å². The zero-order valence-corrected chi connectivity index (χ0v) is 9.61. The molecule has 0 bridgehead atoms. The first-order chi connectivity index (χ1) is 8.00. The molecule has 1 aliphatic heterocycles. The Morgan fingerprint density at radius 2 is 2.29 bits per heavy atom. The topological polar surface area (TPSA) is 108 Å². The third-order valence-electron chi connectivity index (χ3n) is 2.58. The number of ether oxygens (including phenoxy) is 1. The van der Waals surface area contributed by atoms with Crippen LogP contribution in [0.3, 0.4) is 0 Å². The van der Waals surface area contributed by atoms with Crippen LogP contribution in [-0.4, -0.2) is 43.7 Å². The molecule has 3 N–H and O–H groups in total. The van der Waals surface area contributed by atoms with Crippen molar-refractivity contribution in [3.63, 3.8) is 0 Å². The summed E-state index contributed by atoms with van der Waals surface area (Å²) >= 11 is 0. The van der Waals surface area contributed by atoms with Crippen LogP contribution >= 0.6 is 0 Å². The van der Waals surface area contributed by atoms with Gasteiger partial charge < -0.3 is 14.8 Å². The largest absolute Gasteiger partial charge is 0.481 e. The van der Waals surface area contributed by atoms with E-state index in [4.69, 9.17) is 9.84 Å². The van der Waals surface area contributed by atoms with Crippen LogP contribution in [0.4, 0.5) is 0 Å². The van der Waals surface area contributed by atoms with E-state index < -0.39 is 28.0 Å². The second kappa shape index (κ2) is 4.47. The molecule has 0 radical (unpaired) electrons. The molecule has 0 spiro atoms. The molecule has 2 unspecified atom stereocenters. The Morgan fingerprint density at radius 3 is 2.88 bits per heavy atom. The van der Waals surface area contributed by atoms with E-state index >= 15 is 0 Å². The van der Waals surface area contributed by atoms with Gasteiger partial charge in [0.1, 0.15) is 0 Å². The van der Waals surface area contributed by atoms with E-state index in [0.29, 0.717) is 0 Å². The zero-order valence-electron chi connectivity index (χ0n) is 8.79. The zero-order chi connectivity index (χ0) is 12.5. The molecule has 17 heavy (non-hydrogen) atoms. The summed E-state index contributed by atoms with van der Waals surface area (Å²) in [5.41, 5.74) is 0. The van der Waals surface area contributed by atoms with Crippen molar-refractivity contribution >= 4 is 16.0 Å².